The molecule has 2 nitrogen and oxygen atoms in total. The fraction of sp³-hybridized carbons (Fsp3) is 0.625. The SMILES string of the molecule is CSC1CCCC1N1CCNC(c2ccccc2)C1. The van der Waals surface area contributed by atoms with E-state index >= 15 is 0 Å². The molecule has 1 aliphatic carbocycles. The van der Waals surface area contributed by atoms with E-state index in [0.29, 0.717) is 6.04 Å². The number of rotatable bonds is 3. The van der Waals surface area contributed by atoms with Crippen LogP contribution in [0, 0.1) is 0 Å². The van der Waals surface area contributed by atoms with Crippen molar-refractivity contribution >= 4 is 11.8 Å². The molecule has 1 saturated heterocycles. The summed E-state index contributed by atoms with van der Waals surface area (Å²) < 4.78 is 0. The van der Waals surface area contributed by atoms with E-state index in [1.54, 1.807) is 0 Å². The first-order valence-electron chi connectivity index (χ1n) is 7.43. The van der Waals surface area contributed by atoms with Crippen molar-refractivity contribution in [3.8, 4) is 0 Å². The number of piperazine rings is 1. The molecule has 0 bridgehead atoms. The Morgan fingerprint density at radius 1 is 1.21 bits per heavy atom. The Balaban J connectivity index is 1.68. The lowest BCUT2D eigenvalue weighted by atomic mass is 10.0. The summed E-state index contributed by atoms with van der Waals surface area (Å²) in [5.74, 6) is 0. The summed E-state index contributed by atoms with van der Waals surface area (Å²) in [6.45, 7) is 3.51. The third kappa shape index (κ3) is 2.99. The third-order valence-corrected chi connectivity index (χ3v) is 5.75. The number of hydrogen-bond acceptors (Lipinski definition) is 3. The predicted molar refractivity (Wildman–Crippen MR) is 83.7 cm³/mol. The van der Waals surface area contributed by atoms with E-state index in [-0.39, 0.29) is 0 Å². The van der Waals surface area contributed by atoms with Gasteiger partial charge in [0, 0.05) is 37.0 Å². The molecular weight excluding hydrogens is 252 g/mol. The zero-order valence-electron chi connectivity index (χ0n) is 11.7. The van der Waals surface area contributed by atoms with Crippen LogP contribution in [0.4, 0.5) is 0 Å². The van der Waals surface area contributed by atoms with E-state index in [2.05, 4.69) is 58.6 Å². The van der Waals surface area contributed by atoms with E-state index in [0.717, 1.165) is 17.8 Å². The van der Waals surface area contributed by atoms with Crippen LogP contribution in [0.3, 0.4) is 0 Å². The van der Waals surface area contributed by atoms with E-state index in [4.69, 9.17) is 0 Å². The highest BCUT2D eigenvalue weighted by molar-refractivity contribution is 7.99. The van der Waals surface area contributed by atoms with Gasteiger partial charge in [0.05, 0.1) is 0 Å². The summed E-state index contributed by atoms with van der Waals surface area (Å²) in [6.07, 6.45) is 6.49. The summed E-state index contributed by atoms with van der Waals surface area (Å²) in [6, 6.07) is 12.2. The summed E-state index contributed by atoms with van der Waals surface area (Å²) in [4.78, 5) is 2.74. The molecule has 3 heteroatoms. The molecular formula is C16H24N2S. The molecule has 1 N–H and O–H groups in total. The van der Waals surface area contributed by atoms with Crippen molar-refractivity contribution < 1.29 is 0 Å². The van der Waals surface area contributed by atoms with Crippen LogP contribution in [-0.2, 0) is 0 Å². The minimum absolute atomic E-state index is 0.512. The maximum atomic E-state index is 3.67. The largest absolute Gasteiger partial charge is 0.308 e. The van der Waals surface area contributed by atoms with Gasteiger partial charge in [-0.2, -0.15) is 11.8 Å². The normalized spacial score (nSPS) is 32.6. The van der Waals surface area contributed by atoms with Gasteiger partial charge in [-0.05, 0) is 24.7 Å². The fourth-order valence-corrected chi connectivity index (χ4v) is 4.61. The van der Waals surface area contributed by atoms with Crippen LogP contribution in [0.15, 0.2) is 30.3 Å². The molecule has 2 aliphatic rings. The predicted octanol–water partition coefficient (Wildman–Crippen LogP) is 2.92. The summed E-state index contributed by atoms with van der Waals surface area (Å²) in [5, 5.41) is 4.53. The molecule has 1 heterocycles. The van der Waals surface area contributed by atoms with Gasteiger partial charge < -0.3 is 5.32 Å². The van der Waals surface area contributed by atoms with Crippen LogP contribution >= 0.6 is 11.8 Å². The van der Waals surface area contributed by atoms with Gasteiger partial charge in [0.2, 0.25) is 0 Å². The average molecular weight is 276 g/mol. The highest BCUT2D eigenvalue weighted by Gasteiger charge is 2.34. The number of nitrogens with one attached hydrogen (secondary N) is 1. The molecule has 1 aromatic rings. The monoisotopic (exact) mass is 276 g/mol. The lowest BCUT2D eigenvalue weighted by molar-refractivity contribution is 0.148. The molecule has 0 radical (unpaired) electrons. The molecule has 2 fully saturated rings. The molecule has 0 amide bonds. The Kier molecular flexibility index (Phi) is 4.46. The fourth-order valence-electron chi connectivity index (χ4n) is 3.58. The van der Waals surface area contributed by atoms with Crippen molar-refractivity contribution in [3.05, 3.63) is 35.9 Å². The van der Waals surface area contributed by atoms with Crippen LogP contribution in [-0.4, -0.2) is 42.1 Å². The topological polar surface area (TPSA) is 15.3 Å². The molecule has 3 rings (SSSR count). The number of nitrogens with zero attached hydrogens (tertiary/aromatic N) is 1. The minimum atomic E-state index is 0.512. The maximum Gasteiger partial charge on any atom is 0.0449 e. The van der Waals surface area contributed by atoms with Crippen LogP contribution in [0.1, 0.15) is 30.9 Å². The Hall–Kier alpha value is -0.510. The van der Waals surface area contributed by atoms with Gasteiger partial charge in [0.25, 0.3) is 0 Å². The zero-order valence-corrected chi connectivity index (χ0v) is 12.5. The van der Waals surface area contributed by atoms with Crippen molar-refractivity contribution in [3.63, 3.8) is 0 Å². The van der Waals surface area contributed by atoms with Crippen LogP contribution in [0.25, 0.3) is 0 Å². The average Bonchev–Trinajstić information content (AvgIpc) is 2.97. The Bertz CT molecular complexity index is 395. The van der Waals surface area contributed by atoms with Crippen LogP contribution < -0.4 is 5.32 Å². The molecule has 0 spiro atoms. The molecule has 1 aliphatic heterocycles. The standard InChI is InChI=1S/C16H24N2S/c1-19-16-9-5-8-15(16)18-11-10-17-14(12-18)13-6-3-2-4-7-13/h2-4,6-7,14-17H,5,8-12H2,1H3. The van der Waals surface area contributed by atoms with E-state index in [1.807, 2.05) is 0 Å². The molecule has 3 unspecified atom stereocenters. The van der Waals surface area contributed by atoms with Gasteiger partial charge in [-0.25, -0.2) is 0 Å². The van der Waals surface area contributed by atoms with Crippen LogP contribution in [0.5, 0.6) is 0 Å². The first kappa shape index (κ1) is 13.5. The zero-order chi connectivity index (χ0) is 13.1. The van der Waals surface area contributed by atoms with Crippen LogP contribution in [0.2, 0.25) is 0 Å². The lowest BCUT2D eigenvalue weighted by Gasteiger charge is -2.39. The number of hydrogen-bond donors (Lipinski definition) is 1. The van der Waals surface area contributed by atoms with Crippen molar-refractivity contribution in [1.29, 1.82) is 0 Å². The Morgan fingerprint density at radius 3 is 2.84 bits per heavy atom. The van der Waals surface area contributed by atoms with Gasteiger partial charge in [-0.3, -0.25) is 4.90 Å². The van der Waals surface area contributed by atoms with E-state index in [1.165, 1.54) is 37.9 Å². The first-order valence-corrected chi connectivity index (χ1v) is 8.72. The van der Waals surface area contributed by atoms with Gasteiger partial charge in [0.1, 0.15) is 0 Å². The van der Waals surface area contributed by atoms with Crippen molar-refractivity contribution in [2.75, 3.05) is 25.9 Å². The third-order valence-electron chi connectivity index (χ3n) is 4.60. The van der Waals surface area contributed by atoms with Gasteiger partial charge >= 0.3 is 0 Å². The number of benzene rings is 1. The molecule has 1 saturated carbocycles. The van der Waals surface area contributed by atoms with E-state index in [9.17, 15) is 0 Å². The Labute approximate surface area is 121 Å². The highest BCUT2D eigenvalue weighted by atomic mass is 32.2. The summed E-state index contributed by atoms with van der Waals surface area (Å²) >= 11 is 2.07. The second kappa shape index (κ2) is 6.29. The Morgan fingerprint density at radius 2 is 2.05 bits per heavy atom. The lowest BCUT2D eigenvalue weighted by Crippen LogP contribution is -2.51. The summed E-state index contributed by atoms with van der Waals surface area (Å²) in [7, 11) is 0. The maximum absolute atomic E-state index is 3.67. The molecule has 19 heavy (non-hydrogen) atoms. The highest BCUT2D eigenvalue weighted by Crippen LogP contribution is 2.33. The summed E-state index contributed by atoms with van der Waals surface area (Å²) in [5.41, 5.74) is 1.44. The van der Waals surface area contributed by atoms with Gasteiger partial charge in [0.15, 0.2) is 0 Å². The quantitative estimate of drug-likeness (QED) is 0.914. The number of thioether (sulfide) groups is 1. The first-order chi connectivity index (χ1) is 9.38. The molecule has 1 aromatic carbocycles. The van der Waals surface area contributed by atoms with Gasteiger partial charge in [-0.15, -0.1) is 0 Å². The minimum Gasteiger partial charge on any atom is -0.308 e. The van der Waals surface area contributed by atoms with Gasteiger partial charge in [-0.1, -0.05) is 36.8 Å². The second-order valence-corrected chi connectivity index (χ2v) is 6.76. The smallest absolute Gasteiger partial charge is 0.0449 e. The molecule has 3 atom stereocenters. The molecule has 104 valence electrons. The van der Waals surface area contributed by atoms with Crippen molar-refractivity contribution in [2.24, 2.45) is 0 Å². The van der Waals surface area contributed by atoms with E-state index < -0.39 is 0 Å². The van der Waals surface area contributed by atoms with Crippen molar-refractivity contribution in [2.45, 2.75) is 36.6 Å². The van der Waals surface area contributed by atoms with Crippen molar-refractivity contribution in [1.82, 2.24) is 10.2 Å². The second-order valence-electron chi connectivity index (χ2n) is 5.68. The molecule has 0 aromatic heterocycles.